The van der Waals surface area contributed by atoms with E-state index >= 15 is 0 Å². The molecule has 3 aromatic rings. The molecule has 0 spiro atoms. The van der Waals surface area contributed by atoms with Crippen LogP contribution in [0.25, 0.3) is 0 Å². The summed E-state index contributed by atoms with van der Waals surface area (Å²) >= 11 is 0. The van der Waals surface area contributed by atoms with Crippen LogP contribution >= 0.6 is 0 Å². The van der Waals surface area contributed by atoms with Gasteiger partial charge < -0.3 is 19.5 Å². The minimum Gasteiger partial charge on any atom is -0.497 e. The number of aryl methyl sites for hydroxylation is 1. The smallest absolute Gasteiger partial charge is 0.261 e. The predicted octanol–water partition coefficient (Wildman–Crippen LogP) is 4.16. The molecular formula is C31H39N3O6S. The van der Waals surface area contributed by atoms with Gasteiger partial charge in [-0.05, 0) is 68.9 Å². The number of benzene rings is 3. The summed E-state index contributed by atoms with van der Waals surface area (Å²) in [5.41, 5.74) is 2.57. The molecule has 0 unspecified atom stereocenters. The molecule has 10 heteroatoms. The largest absolute Gasteiger partial charge is 0.497 e. The van der Waals surface area contributed by atoms with E-state index in [0.717, 1.165) is 16.9 Å². The van der Waals surface area contributed by atoms with E-state index in [1.54, 1.807) is 55.3 Å². The number of nitrogens with one attached hydrogen (secondary N) is 1. The third-order valence-corrected chi connectivity index (χ3v) is 8.75. The number of aliphatic hydroxyl groups excluding tert-OH is 1. The number of amides is 1. The van der Waals surface area contributed by atoms with Crippen molar-refractivity contribution in [3.63, 3.8) is 0 Å². The van der Waals surface area contributed by atoms with E-state index in [1.165, 1.54) is 6.07 Å². The maximum Gasteiger partial charge on any atom is 0.261 e. The molecule has 3 atom stereocenters. The Morgan fingerprint density at radius 1 is 1.12 bits per heavy atom. The van der Waals surface area contributed by atoms with Crippen molar-refractivity contribution in [2.24, 2.45) is 5.92 Å². The fourth-order valence-electron chi connectivity index (χ4n) is 4.85. The number of carbonyl (C=O) groups is 1. The second-order valence-corrected chi connectivity index (χ2v) is 12.5. The summed E-state index contributed by atoms with van der Waals surface area (Å²) in [6, 6.07) is 18.8. The quantitative estimate of drug-likeness (QED) is 0.370. The van der Waals surface area contributed by atoms with Crippen LogP contribution in [0.2, 0.25) is 0 Å². The van der Waals surface area contributed by atoms with Gasteiger partial charge in [0.25, 0.3) is 15.9 Å². The summed E-state index contributed by atoms with van der Waals surface area (Å²) in [6.45, 7) is 7.17. The van der Waals surface area contributed by atoms with Crippen molar-refractivity contribution in [2.45, 2.75) is 44.4 Å². The van der Waals surface area contributed by atoms with Gasteiger partial charge >= 0.3 is 0 Å². The third-order valence-electron chi connectivity index (χ3n) is 7.35. The number of hydrogen-bond donors (Lipinski definition) is 2. The van der Waals surface area contributed by atoms with E-state index in [-0.39, 0.29) is 40.7 Å². The molecule has 2 N–H and O–H groups in total. The Labute approximate surface area is 242 Å². The molecule has 0 bridgehead atoms. The number of anilines is 1. The lowest BCUT2D eigenvalue weighted by atomic mass is 9.99. The number of likely N-dealkylation sites (N-methyl/N-ethyl adjacent to an activating group) is 1. The standard InChI is InChI=1S/C31H39N3O6S/c1-21-6-13-27(14-7-21)41(37,38)32-25-10-15-29-28(16-25)31(36)34(23(3)20-35)17-22(2)30(40-29)19-33(4)18-24-8-11-26(39-5)12-9-24/h6-16,22-23,30,32,35H,17-20H2,1-5H3/t22-,23-,30-/m1/s1. The average Bonchev–Trinajstić information content (AvgIpc) is 2.95. The number of nitrogens with zero attached hydrogens (tertiary/aromatic N) is 2. The molecule has 220 valence electrons. The fourth-order valence-corrected chi connectivity index (χ4v) is 5.90. The molecule has 0 aliphatic carbocycles. The highest BCUT2D eigenvalue weighted by molar-refractivity contribution is 7.92. The minimum absolute atomic E-state index is 0.0425. The zero-order chi connectivity index (χ0) is 29.7. The Morgan fingerprint density at radius 2 is 1.80 bits per heavy atom. The first-order valence-corrected chi connectivity index (χ1v) is 15.1. The molecule has 1 aliphatic rings. The second-order valence-electron chi connectivity index (χ2n) is 10.8. The highest BCUT2D eigenvalue weighted by Crippen LogP contribution is 2.31. The van der Waals surface area contributed by atoms with E-state index in [2.05, 4.69) is 9.62 Å². The second kappa shape index (κ2) is 12.9. The highest BCUT2D eigenvalue weighted by atomic mass is 32.2. The van der Waals surface area contributed by atoms with Crippen LogP contribution in [0.1, 0.15) is 35.3 Å². The Balaban J connectivity index is 1.61. The van der Waals surface area contributed by atoms with Crippen molar-refractivity contribution in [1.82, 2.24) is 9.80 Å². The molecule has 1 aliphatic heterocycles. The van der Waals surface area contributed by atoms with Gasteiger partial charge in [0, 0.05) is 31.2 Å². The minimum atomic E-state index is -3.86. The lowest BCUT2D eigenvalue weighted by Gasteiger charge is -2.38. The van der Waals surface area contributed by atoms with E-state index in [4.69, 9.17) is 9.47 Å². The number of rotatable bonds is 10. The monoisotopic (exact) mass is 581 g/mol. The van der Waals surface area contributed by atoms with Gasteiger partial charge in [-0.25, -0.2) is 8.42 Å². The van der Waals surface area contributed by atoms with Crippen LogP contribution in [0.15, 0.2) is 71.6 Å². The molecule has 0 saturated carbocycles. The first-order valence-electron chi connectivity index (χ1n) is 13.6. The molecule has 4 rings (SSSR count). The van der Waals surface area contributed by atoms with E-state index < -0.39 is 16.1 Å². The zero-order valence-electron chi connectivity index (χ0n) is 24.2. The van der Waals surface area contributed by atoms with E-state index in [1.807, 2.05) is 45.2 Å². The summed E-state index contributed by atoms with van der Waals surface area (Å²) in [4.78, 5) is 17.6. The van der Waals surface area contributed by atoms with Crippen LogP contribution in [0, 0.1) is 12.8 Å². The summed E-state index contributed by atoms with van der Waals surface area (Å²) in [7, 11) is -0.210. The summed E-state index contributed by atoms with van der Waals surface area (Å²) in [5, 5.41) is 9.93. The van der Waals surface area contributed by atoms with Crippen LogP contribution in [-0.2, 0) is 16.6 Å². The van der Waals surface area contributed by atoms with Crippen molar-refractivity contribution in [2.75, 3.05) is 38.6 Å². The number of carbonyl (C=O) groups excluding carboxylic acids is 1. The van der Waals surface area contributed by atoms with Crippen LogP contribution in [0.4, 0.5) is 5.69 Å². The van der Waals surface area contributed by atoms with Crippen molar-refractivity contribution < 1.29 is 27.8 Å². The number of aliphatic hydroxyl groups is 1. The van der Waals surface area contributed by atoms with Gasteiger partial charge in [0.05, 0.1) is 30.2 Å². The van der Waals surface area contributed by atoms with Gasteiger partial charge in [0.2, 0.25) is 0 Å². The Morgan fingerprint density at radius 3 is 2.44 bits per heavy atom. The van der Waals surface area contributed by atoms with Crippen molar-refractivity contribution >= 4 is 21.6 Å². The fraction of sp³-hybridized carbons (Fsp3) is 0.387. The topological polar surface area (TPSA) is 108 Å². The van der Waals surface area contributed by atoms with Gasteiger partial charge in [0.15, 0.2) is 0 Å². The molecular weight excluding hydrogens is 542 g/mol. The summed E-state index contributed by atoms with van der Waals surface area (Å²) < 4.78 is 40.3. The van der Waals surface area contributed by atoms with Gasteiger partial charge in [0.1, 0.15) is 17.6 Å². The predicted molar refractivity (Wildman–Crippen MR) is 159 cm³/mol. The average molecular weight is 582 g/mol. The molecule has 3 aromatic carbocycles. The van der Waals surface area contributed by atoms with Gasteiger partial charge in [-0.15, -0.1) is 0 Å². The third kappa shape index (κ3) is 7.38. The molecule has 0 fully saturated rings. The molecule has 0 saturated heterocycles. The molecule has 1 heterocycles. The molecule has 0 radical (unpaired) electrons. The Hall–Kier alpha value is -3.60. The Kier molecular flexibility index (Phi) is 9.57. The number of methoxy groups -OCH3 is 1. The van der Waals surface area contributed by atoms with Crippen LogP contribution in [0.3, 0.4) is 0 Å². The van der Waals surface area contributed by atoms with Crippen LogP contribution < -0.4 is 14.2 Å². The number of ether oxygens (including phenoxy) is 2. The molecule has 1 amide bonds. The molecule has 0 aromatic heterocycles. The van der Waals surface area contributed by atoms with Crippen molar-refractivity contribution in [1.29, 1.82) is 0 Å². The zero-order valence-corrected chi connectivity index (χ0v) is 25.0. The first-order chi connectivity index (χ1) is 19.5. The number of sulfonamides is 1. The SMILES string of the molecule is COc1ccc(CN(C)C[C@H]2Oc3ccc(NS(=O)(=O)c4ccc(C)cc4)cc3C(=O)N([C@H](C)CO)C[C@H]2C)cc1. The maximum atomic E-state index is 13.7. The normalized spacial score (nSPS) is 18.2. The number of hydrogen-bond acceptors (Lipinski definition) is 7. The molecule has 9 nitrogen and oxygen atoms in total. The Bertz CT molecular complexity index is 1440. The lowest BCUT2D eigenvalue weighted by molar-refractivity contribution is 0.0341. The summed E-state index contributed by atoms with van der Waals surface area (Å²) in [5.74, 6) is 0.806. The maximum absolute atomic E-state index is 13.7. The molecule has 41 heavy (non-hydrogen) atoms. The van der Waals surface area contributed by atoms with Crippen LogP contribution in [0.5, 0.6) is 11.5 Å². The first kappa shape index (κ1) is 30.4. The number of fused-ring (bicyclic) bond motifs is 1. The lowest BCUT2D eigenvalue weighted by Crippen LogP contribution is -2.49. The van der Waals surface area contributed by atoms with Gasteiger partial charge in [-0.3, -0.25) is 14.4 Å². The van der Waals surface area contributed by atoms with E-state index in [9.17, 15) is 18.3 Å². The van der Waals surface area contributed by atoms with Crippen molar-refractivity contribution in [3.05, 3.63) is 83.4 Å². The summed E-state index contributed by atoms with van der Waals surface area (Å²) in [6.07, 6.45) is -0.270. The highest BCUT2D eigenvalue weighted by Gasteiger charge is 2.33. The van der Waals surface area contributed by atoms with Crippen LogP contribution in [-0.4, -0.2) is 75.2 Å². The van der Waals surface area contributed by atoms with Gasteiger partial charge in [-0.1, -0.05) is 36.8 Å². The van der Waals surface area contributed by atoms with E-state index in [0.29, 0.717) is 25.4 Å². The van der Waals surface area contributed by atoms with Crippen molar-refractivity contribution in [3.8, 4) is 11.5 Å². The van der Waals surface area contributed by atoms with Gasteiger partial charge in [-0.2, -0.15) is 0 Å².